The number of fused-ring (bicyclic) bond motifs is 1. The third kappa shape index (κ3) is 7.03. The number of carbonyl (C=O) groups excluding carboxylic acids is 1. The van der Waals surface area contributed by atoms with E-state index in [0.717, 1.165) is 61.1 Å². The summed E-state index contributed by atoms with van der Waals surface area (Å²) in [6.45, 7) is 7.76. The first-order valence-electron chi connectivity index (χ1n) is 15.2. The molecule has 8 nitrogen and oxygen atoms in total. The number of aliphatic imine (C=N–C) groups is 1. The van der Waals surface area contributed by atoms with E-state index in [1.165, 1.54) is 5.56 Å². The van der Waals surface area contributed by atoms with Gasteiger partial charge in [0.1, 0.15) is 0 Å². The van der Waals surface area contributed by atoms with E-state index >= 15 is 0 Å². The van der Waals surface area contributed by atoms with Gasteiger partial charge in [-0.2, -0.15) is 0 Å². The van der Waals surface area contributed by atoms with E-state index in [-0.39, 0.29) is 17.7 Å². The van der Waals surface area contributed by atoms with Crippen molar-refractivity contribution in [1.82, 2.24) is 14.8 Å². The molecule has 43 heavy (non-hydrogen) atoms. The molecule has 5 rings (SSSR count). The molecule has 8 heteroatoms. The summed E-state index contributed by atoms with van der Waals surface area (Å²) in [7, 11) is 3.68. The Bertz CT molecular complexity index is 1550. The predicted octanol–water partition coefficient (Wildman–Crippen LogP) is 6.18. The molecule has 1 aromatic heterocycles. The molecule has 2 N–H and O–H groups in total. The Balaban J connectivity index is 1.38. The minimum atomic E-state index is 0.0429. The minimum absolute atomic E-state index is 0.0429. The SMILES string of the molecule is CCOc1cc2[nH]c(O)c(C(=Nc3ccc(CCN4CCC(C(=O)N(C)C)CC4)cc3)c3ccccc3)c2cc1OCC. The van der Waals surface area contributed by atoms with Crippen molar-refractivity contribution in [3.8, 4) is 17.4 Å². The zero-order valence-electron chi connectivity index (χ0n) is 25.6. The fourth-order valence-electron chi connectivity index (χ4n) is 5.75. The molecule has 4 aromatic rings. The predicted molar refractivity (Wildman–Crippen MR) is 172 cm³/mol. The smallest absolute Gasteiger partial charge is 0.225 e. The second-order valence-electron chi connectivity index (χ2n) is 11.2. The summed E-state index contributed by atoms with van der Waals surface area (Å²) in [6.07, 6.45) is 2.78. The number of aromatic amines is 1. The summed E-state index contributed by atoms with van der Waals surface area (Å²) in [5.41, 5.74) is 4.96. The first-order chi connectivity index (χ1) is 20.9. The van der Waals surface area contributed by atoms with Crippen LogP contribution in [-0.2, 0) is 11.2 Å². The van der Waals surface area contributed by atoms with Gasteiger partial charge in [0.2, 0.25) is 5.91 Å². The quantitative estimate of drug-likeness (QED) is 0.206. The normalized spacial score (nSPS) is 14.7. The number of hydrogen-bond donors (Lipinski definition) is 2. The van der Waals surface area contributed by atoms with Gasteiger partial charge in [0, 0.05) is 43.6 Å². The average molecular weight is 583 g/mol. The van der Waals surface area contributed by atoms with Crippen molar-refractivity contribution in [2.45, 2.75) is 33.1 Å². The first-order valence-corrected chi connectivity index (χ1v) is 15.2. The minimum Gasteiger partial charge on any atom is -0.494 e. The Morgan fingerprint density at radius 1 is 0.977 bits per heavy atom. The summed E-state index contributed by atoms with van der Waals surface area (Å²) in [4.78, 5) is 24.6. The number of piperidine rings is 1. The molecule has 2 heterocycles. The fourth-order valence-corrected chi connectivity index (χ4v) is 5.75. The molecule has 3 aromatic carbocycles. The highest BCUT2D eigenvalue weighted by Gasteiger charge is 2.26. The third-order valence-corrected chi connectivity index (χ3v) is 8.00. The molecule has 1 amide bonds. The van der Waals surface area contributed by atoms with Crippen molar-refractivity contribution in [1.29, 1.82) is 0 Å². The van der Waals surface area contributed by atoms with Gasteiger partial charge in [0.15, 0.2) is 17.4 Å². The maximum absolute atomic E-state index is 12.3. The average Bonchev–Trinajstić information content (AvgIpc) is 3.34. The Hall–Kier alpha value is -4.30. The van der Waals surface area contributed by atoms with Gasteiger partial charge in [0.25, 0.3) is 0 Å². The number of amides is 1. The lowest BCUT2D eigenvalue weighted by atomic mass is 9.95. The molecular weight excluding hydrogens is 540 g/mol. The van der Waals surface area contributed by atoms with Crippen LogP contribution in [0.25, 0.3) is 10.9 Å². The lowest BCUT2D eigenvalue weighted by Gasteiger charge is -2.32. The van der Waals surface area contributed by atoms with Crippen molar-refractivity contribution in [2.24, 2.45) is 10.9 Å². The molecule has 1 aliphatic heterocycles. The van der Waals surface area contributed by atoms with Gasteiger partial charge in [-0.1, -0.05) is 42.5 Å². The van der Waals surface area contributed by atoms with Gasteiger partial charge in [0.05, 0.1) is 35.7 Å². The van der Waals surface area contributed by atoms with Gasteiger partial charge in [-0.05, 0) is 70.0 Å². The van der Waals surface area contributed by atoms with Crippen LogP contribution >= 0.6 is 0 Å². The maximum Gasteiger partial charge on any atom is 0.225 e. The van der Waals surface area contributed by atoms with Gasteiger partial charge in [-0.25, -0.2) is 4.99 Å². The lowest BCUT2D eigenvalue weighted by Crippen LogP contribution is -2.40. The van der Waals surface area contributed by atoms with E-state index in [1.54, 1.807) is 4.90 Å². The number of aromatic nitrogens is 1. The summed E-state index contributed by atoms with van der Waals surface area (Å²) in [5, 5.41) is 12.0. The zero-order valence-corrected chi connectivity index (χ0v) is 25.6. The number of likely N-dealkylation sites (tertiary alicyclic amines) is 1. The molecule has 0 aliphatic carbocycles. The number of rotatable bonds is 11. The van der Waals surface area contributed by atoms with Crippen molar-refractivity contribution in [3.63, 3.8) is 0 Å². The van der Waals surface area contributed by atoms with Gasteiger partial charge in [-0.15, -0.1) is 0 Å². The van der Waals surface area contributed by atoms with Crippen molar-refractivity contribution < 1.29 is 19.4 Å². The van der Waals surface area contributed by atoms with Crippen LogP contribution in [0.3, 0.4) is 0 Å². The Morgan fingerprint density at radius 3 is 2.26 bits per heavy atom. The second kappa shape index (κ2) is 13.8. The Kier molecular flexibility index (Phi) is 9.67. The second-order valence-corrected chi connectivity index (χ2v) is 11.2. The van der Waals surface area contributed by atoms with E-state index in [1.807, 2.05) is 82.5 Å². The number of nitrogens with zero attached hydrogens (tertiary/aromatic N) is 3. The van der Waals surface area contributed by atoms with Crippen LogP contribution in [0.15, 0.2) is 71.7 Å². The summed E-state index contributed by atoms with van der Waals surface area (Å²) >= 11 is 0. The molecule has 0 unspecified atom stereocenters. The van der Waals surface area contributed by atoms with Crippen LogP contribution in [0, 0.1) is 5.92 Å². The maximum atomic E-state index is 12.3. The summed E-state index contributed by atoms with van der Waals surface area (Å²) in [5.74, 6) is 1.70. The van der Waals surface area contributed by atoms with E-state index < -0.39 is 0 Å². The van der Waals surface area contributed by atoms with Gasteiger partial charge in [-0.3, -0.25) is 4.79 Å². The largest absolute Gasteiger partial charge is 0.494 e. The van der Waals surface area contributed by atoms with E-state index in [0.29, 0.717) is 36.0 Å². The zero-order chi connectivity index (χ0) is 30.3. The molecule has 226 valence electrons. The Labute approximate surface area is 254 Å². The Morgan fingerprint density at radius 2 is 1.63 bits per heavy atom. The monoisotopic (exact) mass is 582 g/mol. The first kappa shape index (κ1) is 30.2. The van der Waals surface area contributed by atoms with E-state index in [2.05, 4.69) is 22.0 Å². The molecule has 0 atom stereocenters. The molecule has 1 aliphatic rings. The number of nitrogens with one attached hydrogen (secondary N) is 1. The van der Waals surface area contributed by atoms with Crippen LogP contribution in [-0.4, -0.2) is 78.5 Å². The molecular formula is C35H42N4O4. The topological polar surface area (TPSA) is 90.4 Å². The molecule has 0 radical (unpaired) electrons. The third-order valence-electron chi connectivity index (χ3n) is 8.00. The highest BCUT2D eigenvalue weighted by molar-refractivity contribution is 6.22. The fraction of sp³-hybridized carbons (Fsp3) is 0.371. The number of ether oxygens (including phenoxy) is 2. The van der Waals surface area contributed by atoms with E-state index in [4.69, 9.17) is 14.5 Å². The van der Waals surface area contributed by atoms with Gasteiger partial charge >= 0.3 is 0 Å². The van der Waals surface area contributed by atoms with Crippen LogP contribution in [0.5, 0.6) is 17.4 Å². The lowest BCUT2D eigenvalue weighted by molar-refractivity contribution is -0.134. The van der Waals surface area contributed by atoms with Crippen molar-refractivity contribution >= 4 is 28.2 Å². The molecule has 0 spiro atoms. The van der Waals surface area contributed by atoms with Gasteiger partial charge < -0.3 is 29.4 Å². The highest BCUT2D eigenvalue weighted by atomic mass is 16.5. The van der Waals surface area contributed by atoms with Crippen LogP contribution in [0.2, 0.25) is 0 Å². The number of benzene rings is 3. The molecule has 0 bridgehead atoms. The van der Waals surface area contributed by atoms with Crippen LogP contribution < -0.4 is 9.47 Å². The van der Waals surface area contributed by atoms with Crippen LogP contribution in [0.4, 0.5) is 5.69 Å². The summed E-state index contributed by atoms with van der Waals surface area (Å²) < 4.78 is 11.7. The number of hydrogen-bond acceptors (Lipinski definition) is 6. The molecule has 0 saturated carbocycles. The molecule has 1 fully saturated rings. The summed E-state index contributed by atoms with van der Waals surface area (Å²) in [6, 6.07) is 22.0. The highest BCUT2D eigenvalue weighted by Crippen LogP contribution is 2.38. The standard InChI is InChI=1S/C35H42N4O4/c1-5-42-30-22-28-29(23-31(30)43-6-2)37-34(40)32(28)33(25-10-8-7-9-11-25)36-27-14-12-24(13-15-27)16-19-39-20-17-26(18-21-39)35(41)38(3)4/h7-15,22-23,26,37,40H,5-6,16-21H2,1-4H3. The number of carbonyl (C=O) groups is 1. The van der Waals surface area contributed by atoms with Crippen molar-refractivity contribution in [2.75, 3.05) is 46.9 Å². The van der Waals surface area contributed by atoms with Crippen LogP contribution in [0.1, 0.15) is 43.4 Å². The number of H-pyrrole nitrogens is 1. The number of aromatic hydroxyl groups is 1. The van der Waals surface area contributed by atoms with E-state index in [9.17, 15) is 9.90 Å². The molecule has 1 saturated heterocycles. The van der Waals surface area contributed by atoms with Crippen molar-refractivity contribution in [3.05, 3.63) is 83.4 Å².